The van der Waals surface area contributed by atoms with Gasteiger partial charge in [0.25, 0.3) is 0 Å². The zero-order chi connectivity index (χ0) is 19.5. The van der Waals surface area contributed by atoms with E-state index >= 15 is 0 Å². The molecule has 0 bridgehead atoms. The van der Waals surface area contributed by atoms with Crippen LogP contribution >= 0.6 is 0 Å². The second-order valence-corrected chi connectivity index (χ2v) is 6.78. The molecule has 0 amide bonds. The molecule has 4 aromatic rings. The number of hydrogen-bond acceptors (Lipinski definition) is 4. The van der Waals surface area contributed by atoms with E-state index in [1.54, 1.807) is 13.0 Å². The summed E-state index contributed by atoms with van der Waals surface area (Å²) in [6, 6.07) is 17.3. The third-order valence-corrected chi connectivity index (χ3v) is 4.41. The van der Waals surface area contributed by atoms with E-state index in [0.717, 1.165) is 23.4 Å². The van der Waals surface area contributed by atoms with Crippen LogP contribution in [0.25, 0.3) is 5.69 Å². The lowest BCUT2D eigenvalue weighted by molar-refractivity contribution is 0.608. The Hall–Kier alpha value is -3.41. The van der Waals surface area contributed by atoms with Crippen LogP contribution in [-0.2, 0) is 12.8 Å². The average Bonchev–Trinajstić information content (AvgIpc) is 3.08. The molecule has 0 aliphatic rings. The molecule has 2 aromatic heterocycles. The van der Waals surface area contributed by atoms with Gasteiger partial charge < -0.3 is 0 Å². The first-order chi connectivity index (χ1) is 13.6. The first kappa shape index (κ1) is 18.0. The van der Waals surface area contributed by atoms with E-state index in [-0.39, 0.29) is 5.82 Å². The number of halogens is 1. The van der Waals surface area contributed by atoms with Crippen LogP contribution < -0.4 is 0 Å². The topological polar surface area (TPSA) is 56.5 Å². The Labute approximate surface area is 162 Å². The third kappa shape index (κ3) is 4.11. The summed E-state index contributed by atoms with van der Waals surface area (Å²) in [6.45, 7) is 3.72. The Bertz CT molecular complexity index is 1110. The number of hydrogen-bond donors (Lipinski definition) is 0. The van der Waals surface area contributed by atoms with E-state index in [1.165, 1.54) is 22.6 Å². The van der Waals surface area contributed by atoms with E-state index in [9.17, 15) is 4.39 Å². The maximum atomic E-state index is 14.6. The van der Waals surface area contributed by atoms with Crippen LogP contribution in [0.3, 0.4) is 0 Å². The molecule has 0 N–H and O–H groups in total. The molecule has 0 radical (unpaired) electrons. The molecule has 0 saturated heterocycles. The van der Waals surface area contributed by atoms with Crippen molar-refractivity contribution in [3.63, 3.8) is 0 Å². The van der Waals surface area contributed by atoms with Crippen LogP contribution in [0.2, 0.25) is 0 Å². The van der Waals surface area contributed by atoms with Gasteiger partial charge in [-0.05, 0) is 43.2 Å². The van der Waals surface area contributed by atoms with Crippen LogP contribution in [0.4, 0.5) is 4.39 Å². The first-order valence-corrected chi connectivity index (χ1v) is 9.11. The van der Waals surface area contributed by atoms with Crippen molar-refractivity contribution in [1.29, 1.82) is 0 Å². The van der Waals surface area contributed by atoms with Crippen LogP contribution in [0.5, 0.6) is 0 Å². The quantitative estimate of drug-likeness (QED) is 0.531. The molecule has 28 heavy (non-hydrogen) atoms. The van der Waals surface area contributed by atoms with E-state index in [2.05, 4.69) is 32.2 Å². The molecule has 2 aromatic carbocycles. The van der Waals surface area contributed by atoms with Gasteiger partial charge in [-0.25, -0.2) is 24.0 Å². The molecule has 2 heterocycles. The zero-order valence-corrected chi connectivity index (χ0v) is 15.8. The minimum atomic E-state index is -0.348. The Morgan fingerprint density at radius 2 is 1.71 bits per heavy atom. The largest absolute Gasteiger partial charge is 0.238 e. The summed E-state index contributed by atoms with van der Waals surface area (Å²) in [5.74, 6) is 0.942. The van der Waals surface area contributed by atoms with Crippen molar-refractivity contribution in [3.05, 3.63) is 101 Å². The molecule has 0 atom stereocenters. The van der Waals surface area contributed by atoms with E-state index < -0.39 is 0 Å². The van der Waals surface area contributed by atoms with E-state index in [0.29, 0.717) is 23.8 Å². The van der Waals surface area contributed by atoms with Gasteiger partial charge in [0.05, 0.1) is 0 Å². The van der Waals surface area contributed by atoms with Crippen molar-refractivity contribution >= 4 is 0 Å². The minimum Gasteiger partial charge on any atom is -0.238 e. The van der Waals surface area contributed by atoms with Gasteiger partial charge in [0, 0.05) is 24.2 Å². The maximum absolute atomic E-state index is 14.6. The Morgan fingerprint density at radius 3 is 2.43 bits per heavy atom. The molecule has 0 fully saturated rings. The van der Waals surface area contributed by atoms with Gasteiger partial charge in [0.1, 0.15) is 29.5 Å². The molecule has 4 rings (SSSR count). The SMILES string of the molecule is Cc1cc(Cc2ccccc2)nc(Cc2ccc(-n3cnc(C)n3)c(F)c2)n1. The lowest BCUT2D eigenvalue weighted by Crippen LogP contribution is -2.04. The summed E-state index contributed by atoms with van der Waals surface area (Å²) in [6.07, 6.45) is 2.72. The molecule has 0 unspecified atom stereocenters. The predicted molar refractivity (Wildman–Crippen MR) is 105 cm³/mol. The van der Waals surface area contributed by atoms with Crippen LogP contribution in [0, 0.1) is 19.7 Å². The summed E-state index contributed by atoms with van der Waals surface area (Å²) < 4.78 is 16.0. The van der Waals surface area contributed by atoms with Gasteiger partial charge in [-0.15, -0.1) is 0 Å². The van der Waals surface area contributed by atoms with Crippen molar-refractivity contribution in [1.82, 2.24) is 24.7 Å². The first-order valence-electron chi connectivity index (χ1n) is 9.11. The van der Waals surface area contributed by atoms with Gasteiger partial charge >= 0.3 is 0 Å². The lowest BCUT2D eigenvalue weighted by Gasteiger charge is -2.08. The molecule has 0 spiro atoms. The van der Waals surface area contributed by atoms with Crippen molar-refractivity contribution in [3.8, 4) is 5.69 Å². The summed E-state index contributed by atoms with van der Waals surface area (Å²) >= 11 is 0. The molecule has 5 nitrogen and oxygen atoms in total. The smallest absolute Gasteiger partial charge is 0.149 e. The van der Waals surface area contributed by atoms with Crippen molar-refractivity contribution in [2.24, 2.45) is 0 Å². The summed E-state index contributed by atoms with van der Waals surface area (Å²) in [4.78, 5) is 13.2. The second-order valence-electron chi connectivity index (χ2n) is 6.78. The number of aryl methyl sites for hydroxylation is 2. The van der Waals surface area contributed by atoms with Crippen molar-refractivity contribution < 1.29 is 4.39 Å². The van der Waals surface area contributed by atoms with E-state index in [4.69, 9.17) is 0 Å². The molecule has 0 aliphatic carbocycles. The second kappa shape index (κ2) is 7.68. The highest BCUT2D eigenvalue weighted by molar-refractivity contribution is 5.36. The highest BCUT2D eigenvalue weighted by Gasteiger charge is 2.10. The summed E-state index contributed by atoms with van der Waals surface area (Å²) in [5.41, 5.74) is 4.26. The third-order valence-electron chi connectivity index (χ3n) is 4.41. The Kier molecular flexibility index (Phi) is 4.93. The fourth-order valence-corrected chi connectivity index (χ4v) is 3.17. The number of benzene rings is 2. The summed E-state index contributed by atoms with van der Waals surface area (Å²) in [7, 11) is 0. The standard InChI is InChI=1S/C22H20FN5/c1-15-10-19(11-17-6-4-3-5-7-17)26-22(25-15)13-18-8-9-21(20(23)12-18)28-14-24-16(2)27-28/h3-10,12,14H,11,13H2,1-2H3. The highest BCUT2D eigenvalue weighted by Crippen LogP contribution is 2.17. The van der Waals surface area contributed by atoms with Crippen LogP contribution in [0.1, 0.15) is 34.2 Å². The highest BCUT2D eigenvalue weighted by atomic mass is 19.1. The fourth-order valence-electron chi connectivity index (χ4n) is 3.17. The minimum absolute atomic E-state index is 0.348. The number of aromatic nitrogens is 5. The molecular weight excluding hydrogens is 353 g/mol. The molecule has 0 aliphatic heterocycles. The monoisotopic (exact) mass is 373 g/mol. The average molecular weight is 373 g/mol. The fraction of sp³-hybridized carbons (Fsp3) is 0.182. The normalized spacial score (nSPS) is 11.0. The van der Waals surface area contributed by atoms with Crippen molar-refractivity contribution in [2.75, 3.05) is 0 Å². The maximum Gasteiger partial charge on any atom is 0.149 e. The Morgan fingerprint density at radius 1 is 0.893 bits per heavy atom. The van der Waals surface area contributed by atoms with Gasteiger partial charge in [0.2, 0.25) is 0 Å². The summed E-state index contributed by atoms with van der Waals surface area (Å²) in [5, 5.41) is 4.16. The van der Waals surface area contributed by atoms with Gasteiger partial charge in [-0.2, -0.15) is 5.10 Å². The number of rotatable bonds is 5. The van der Waals surface area contributed by atoms with Crippen LogP contribution in [0.15, 0.2) is 60.9 Å². The molecular formula is C22H20FN5. The number of nitrogens with zero attached hydrogens (tertiary/aromatic N) is 5. The Balaban J connectivity index is 1.56. The van der Waals surface area contributed by atoms with Gasteiger partial charge in [0.15, 0.2) is 0 Å². The predicted octanol–water partition coefficient (Wildman–Crippen LogP) is 3.99. The molecule has 140 valence electrons. The molecule has 0 saturated carbocycles. The zero-order valence-electron chi connectivity index (χ0n) is 15.8. The van der Waals surface area contributed by atoms with Crippen molar-refractivity contribution in [2.45, 2.75) is 26.7 Å². The molecule has 6 heteroatoms. The lowest BCUT2D eigenvalue weighted by atomic mass is 10.1. The van der Waals surface area contributed by atoms with E-state index in [1.807, 2.05) is 37.3 Å². The van der Waals surface area contributed by atoms with Gasteiger partial charge in [-0.1, -0.05) is 36.4 Å². The van der Waals surface area contributed by atoms with Crippen LogP contribution in [-0.4, -0.2) is 24.7 Å². The van der Waals surface area contributed by atoms with Gasteiger partial charge in [-0.3, -0.25) is 0 Å².